The predicted octanol–water partition coefficient (Wildman–Crippen LogP) is 3.57. The van der Waals surface area contributed by atoms with Crippen LogP contribution >= 0.6 is 0 Å². The quantitative estimate of drug-likeness (QED) is 0.913. The van der Waals surface area contributed by atoms with E-state index in [0.717, 1.165) is 29.7 Å². The normalized spacial score (nSPS) is 13.1. The summed E-state index contributed by atoms with van der Waals surface area (Å²) >= 11 is 0. The molecule has 1 unspecified atom stereocenters. The molecule has 0 aliphatic carbocycles. The lowest BCUT2D eigenvalue weighted by atomic mass is 10.1. The van der Waals surface area contributed by atoms with Crippen LogP contribution in [0.5, 0.6) is 0 Å². The summed E-state index contributed by atoms with van der Waals surface area (Å²) in [6.07, 6.45) is 0.898. The van der Waals surface area contributed by atoms with Gasteiger partial charge >= 0.3 is 0 Å². The van der Waals surface area contributed by atoms with Crippen LogP contribution < -0.4 is 4.72 Å². The number of nitrogens with one attached hydrogen (secondary N) is 1. The average molecular weight is 325 g/mol. The molecule has 118 valence electrons. The van der Waals surface area contributed by atoms with Crippen LogP contribution in [0.2, 0.25) is 0 Å². The highest BCUT2D eigenvalue weighted by atomic mass is 32.2. The average Bonchev–Trinajstić information content (AvgIpc) is 2.49. The van der Waals surface area contributed by atoms with Crippen molar-refractivity contribution in [2.24, 2.45) is 0 Å². The van der Waals surface area contributed by atoms with Crippen LogP contribution in [0.15, 0.2) is 47.4 Å². The van der Waals surface area contributed by atoms with Crippen molar-refractivity contribution in [2.45, 2.75) is 31.2 Å². The second-order valence-electron chi connectivity index (χ2n) is 5.01. The van der Waals surface area contributed by atoms with Gasteiger partial charge in [0.1, 0.15) is 0 Å². The van der Waals surface area contributed by atoms with Gasteiger partial charge in [0.05, 0.1) is 4.90 Å². The van der Waals surface area contributed by atoms with E-state index < -0.39 is 27.7 Å². The first-order valence-corrected chi connectivity index (χ1v) is 8.38. The maximum Gasteiger partial charge on any atom is 0.241 e. The second-order valence-corrected chi connectivity index (χ2v) is 6.73. The van der Waals surface area contributed by atoms with Gasteiger partial charge in [0.15, 0.2) is 11.6 Å². The third kappa shape index (κ3) is 3.69. The molecule has 0 spiro atoms. The molecule has 0 saturated heterocycles. The highest BCUT2D eigenvalue weighted by Crippen LogP contribution is 2.19. The third-order valence-corrected chi connectivity index (χ3v) is 4.96. The fraction of sp³-hybridized carbons (Fsp3) is 0.250. The molecule has 1 atom stereocenters. The molecule has 6 heteroatoms. The Hall–Kier alpha value is -1.79. The molecule has 0 aliphatic heterocycles. The van der Waals surface area contributed by atoms with Crippen molar-refractivity contribution in [3.8, 4) is 0 Å². The van der Waals surface area contributed by atoms with Crippen LogP contribution in [0.3, 0.4) is 0 Å². The molecule has 0 saturated carbocycles. The zero-order chi connectivity index (χ0) is 16.3. The van der Waals surface area contributed by atoms with Gasteiger partial charge in [-0.1, -0.05) is 31.2 Å². The van der Waals surface area contributed by atoms with E-state index >= 15 is 0 Å². The Labute approximate surface area is 129 Å². The van der Waals surface area contributed by atoms with Crippen LogP contribution in [0.1, 0.15) is 31.0 Å². The maximum absolute atomic E-state index is 13.2. The smallest absolute Gasteiger partial charge is 0.207 e. The molecule has 2 aromatic carbocycles. The van der Waals surface area contributed by atoms with Crippen molar-refractivity contribution in [1.82, 2.24) is 4.72 Å². The molecule has 0 amide bonds. The van der Waals surface area contributed by atoms with E-state index in [1.54, 1.807) is 6.92 Å². The Balaban J connectivity index is 2.21. The molecule has 0 heterocycles. The number of rotatable bonds is 5. The number of sulfonamides is 1. The monoisotopic (exact) mass is 325 g/mol. The number of aryl methyl sites for hydroxylation is 1. The molecule has 2 rings (SSSR count). The van der Waals surface area contributed by atoms with E-state index in [2.05, 4.69) is 4.72 Å². The molecule has 3 nitrogen and oxygen atoms in total. The van der Waals surface area contributed by atoms with Gasteiger partial charge in [0.2, 0.25) is 10.0 Å². The van der Waals surface area contributed by atoms with E-state index in [0.29, 0.717) is 6.07 Å². The molecule has 1 N–H and O–H groups in total. The number of hydrogen-bond acceptors (Lipinski definition) is 2. The van der Waals surface area contributed by atoms with Gasteiger partial charge in [-0.15, -0.1) is 0 Å². The Kier molecular flexibility index (Phi) is 4.93. The Morgan fingerprint density at radius 3 is 2.23 bits per heavy atom. The molecule has 0 aliphatic rings. The Bertz CT molecular complexity index is 758. The first-order valence-electron chi connectivity index (χ1n) is 6.89. The Morgan fingerprint density at radius 2 is 1.68 bits per heavy atom. The van der Waals surface area contributed by atoms with Gasteiger partial charge in [-0.25, -0.2) is 21.9 Å². The molecule has 0 radical (unpaired) electrons. The van der Waals surface area contributed by atoms with Crippen LogP contribution in [0, 0.1) is 11.6 Å². The fourth-order valence-corrected chi connectivity index (χ4v) is 3.30. The minimum atomic E-state index is -3.92. The van der Waals surface area contributed by atoms with E-state index in [-0.39, 0.29) is 4.90 Å². The second kappa shape index (κ2) is 6.54. The highest BCUT2D eigenvalue weighted by Gasteiger charge is 2.20. The maximum atomic E-state index is 13.2. The molecular weight excluding hydrogens is 308 g/mol. The topological polar surface area (TPSA) is 46.2 Å². The highest BCUT2D eigenvalue weighted by molar-refractivity contribution is 7.89. The lowest BCUT2D eigenvalue weighted by molar-refractivity contribution is 0.503. The van der Waals surface area contributed by atoms with Gasteiger partial charge < -0.3 is 0 Å². The van der Waals surface area contributed by atoms with Crippen LogP contribution in [0.25, 0.3) is 0 Å². The summed E-state index contributed by atoms with van der Waals surface area (Å²) in [6, 6.07) is 9.57. The molecule has 2 aromatic rings. The largest absolute Gasteiger partial charge is 0.241 e. The van der Waals surface area contributed by atoms with Crippen molar-refractivity contribution in [2.75, 3.05) is 0 Å². The van der Waals surface area contributed by atoms with E-state index in [1.807, 2.05) is 31.2 Å². The van der Waals surface area contributed by atoms with Crippen molar-refractivity contribution >= 4 is 10.0 Å². The van der Waals surface area contributed by atoms with Crippen molar-refractivity contribution < 1.29 is 17.2 Å². The first kappa shape index (κ1) is 16.6. The molecule has 22 heavy (non-hydrogen) atoms. The van der Waals surface area contributed by atoms with E-state index in [9.17, 15) is 17.2 Å². The summed E-state index contributed by atoms with van der Waals surface area (Å²) in [6.45, 7) is 3.72. The molecule has 0 fully saturated rings. The van der Waals surface area contributed by atoms with Crippen molar-refractivity contribution in [3.05, 3.63) is 65.2 Å². The summed E-state index contributed by atoms with van der Waals surface area (Å²) in [5.41, 5.74) is 1.95. The summed E-state index contributed by atoms with van der Waals surface area (Å²) in [4.78, 5) is -0.302. The number of hydrogen-bond donors (Lipinski definition) is 1. The SMILES string of the molecule is CCc1ccc(C(C)NS(=O)(=O)c2ccc(F)c(F)c2)cc1. The van der Waals surface area contributed by atoms with Gasteiger partial charge in [0.25, 0.3) is 0 Å². The van der Waals surface area contributed by atoms with Crippen LogP contribution in [-0.2, 0) is 16.4 Å². The summed E-state index contributed by atoms with van der Waals surface area (Å²) in [5, 5.41) is 0. The number of benzene rings is 2. The van der Waals surface area contributed by atoms with Crippen molar-refractivity contribution in [1.29, 1.82) is 0 Å². The van der Waals surface area contributed by atoms with E-state index in [1.165, 1.54) is 0 Å². The standard InChI is InChI=1S/C16H17F2NO2S/c1-3-12-4-6-13(7-5-12)11(2)19-22(20,21)14-8-9-15(17)16(18)10-14/h4-11,19H,3H2,1-2H3. The predicted molar refractivity (Wildman–Crippen MR) is 80.9 cm³/mol. The number of halogens is 2. The zero-order valence-electron chi connectivity index (χ0n) is 12.3. The van der Waals surface area contributed by atoms with Gasteiger partial charge in [-0.05, 0) is 42.7 Å². The molecule has 0 bridgehead atoms. The lowest BCUT2D eigenvalue weighted by Gasteiger charge is -2.15. The lowest BCUT2D eigenvalue weighted by Crippen LogP contribution is -2.27. The third-order valence-electron chi connectivity index (χ3n) is 3.42. The summed E-state index contributed by atoms with van der Waals surface area (Å²) < 4.78 is 52.9. The Morgan fingerprint density at radius 1 is 1.05 bits per heavy atom. The summed E-state index contributed by atoms with van der Waals surface area (Å²) in [7, 11) is -3.92. The molecular formula is C16H17F2NO2S. The van der Waals surface area contributed by atoms with Crippen LogP contribution in [-0.4, -0.2) is 8.42 Å². The summed E-state index contributed by atoms with van der Waals surface area (Å²) in [5.74, 6) is -2.27. The van der Waals surface area contributed by atoms with E-state index in [4.69, 9.17) is 0 Å². The van der Waals surface area contributed by atoms with Crippen LogP contribution in [0.4, 0.5) is 8.78 Å². The zero-order valence-corrected chi connectivity index (χ0v) is 13.1. The van der Waals surface area contributed by atoms with Gasteiger partial charge in [-0.2, -0.15) is 0 Å². The van der Waals surface area contributed by atoms with Gasteiger partial charge in [0, 0.05) is 6.04 Å². The van der Waals surface area contributed by atoms with Gasteiger partial charge in [-0.3, -0.25) is 0 Å². The first-order chi connectivity index (χ1) is 10.3. The fourth-order valence-electron chi connectivity index (χ4n) is 2.05. The minimum Gasteiger partial charge on any atom is -0.207 e. The van der Waals surface area contributed by atoms with Crippen molar-refractivity contribution in [3.63, 3.8) is 0 Å². The molecule has 0 aromatic heterocycles. The minimum absolute atomic E-state index is 0.302.